The summed E-state index contributed by atoms with van der Waals surface area (Å²) in [6.07, 6.45) is 1.13. The number of anilines is 1. The molecule has 0 aliphatic heterocycles. The van der Waals surface area contributed by atoms with E-state index in [4.69, 9.17) is 4.74 Å². The highest BCUT2D eigenvalue weighted by molar-refractivity contribution is 7.92. The van der Waals surface area contributed by atoms with Crippen molar-refractivity contribution in [1.82, 2.24) is 5.32 Å². The van der Waals surface area contributed by atoms with Crippen LogP contribution in [0.3, 0.4) is 0 Å². The maximum absolute atomic E-state index is 12.3. The first-order valence-corrected chi connectivity index (χ1v) is 10.9. The number of carbonyl (C=O) groups excluding carboxylic acids is 1. The Bertz CT molecular complexity index is 916. The van der Waals surface area contributed by atoms with Crippen LogP contribution in [0.4, 0.5) is 5.69 Å². The van der Waals surface area contributed by atoms with E-state index >= 15 is 0 Å². The maximum atomic E-state index is 12.3. The number of hydrogen-bond donors (Lipinski definition) is 1. The van der Waals surface area contributed by atoms with Crippen LogP contribution < -0.4 is 14.4 Å². The zero-order chi connectivity index (χ0) is 20.9. The summed E-state index contributed by atoms with van der Waals surface area (Å²) >= 11 is 0. The van der Waals surface area contributed by atoms with Crippen molar-refractivity contribution in [2.24, 2.45) is 0 Å². The van der Waals surface area contributed by atoms with Crippen LogP contribution in [0.2, 0.25) is 0 Å². The van der Waals surface area contributed by atoms with Gasteiger partial charge in [-0.15, -0.1) is 0 Å². The van der Waals surface area contributed by atoms with Gasteiger partial charge in [0.25, 0.3) is 5.91 Å². The number of ether oxygens (including phenoxy) is 1. The maximum Gasteiger partial charge on any atom is 0.251 e. The molecular weight excluding hydrogens is 376 g/mol. The first-order valence-electron chi connectivity index (χ1n) is 9.04. The van der Waals surface area contributed by atoms with Gasteiger partial charge in [-0.3, -0.25) is 9.10 Å². The van der Waals surface area contributed by atoms with Gasteiger partial charge < -0.3 is 10.1 Å². The smallest absolute Gasteiger partial charge is 0.251 e. The van der Waals surface area contributed by atoms with Gasteiger partial charge in [0.1, 0.15) is 12.4 Å². The number of hydrogen-bond acceptors (Lipinski definition) is 4. The van der Waals surface area contributed by atoms with E-state index in [2.05, 4.69) is 26.1 Å². The van der Waals surface area contributed by atoms with Gasteiger partial charge in [-0.2, -0.15) is 0 Å². The van der Waals surface area contributed by atoms with Crippen LogP contribution in [0.15, 0.2) is 48.5 Å². The number of amides is 1. The van der Waals surface area contributed by atoms with E-state index in [1.807, 2.05) is 24.3 Å². The lowest BCUT2D eigenvalue weighted by Gasteiger charge is -2.22. The number of rotatable bonds is 7. The first-order chi connectivity index (χ1) is 13.0. The Hall–Kier alpha value is -2.54. The summed E-state index contributed by atoms with van der Waals surface area (Å²) in [5, 5.41) is 2.81. The summed E-state index contributed by atoms with van der Waals surface area (Å²) in [4.78, 5) is 12.3. The average Bonchev–Trinajstić information content (AvgIpc) is 2.63. The quantitative estimate of drug-likeness (QED) is 0.719. The van der Waals surface area contributed by atoms with E-state index in [-0.39, 0.29) is 11.3 Å². The standard InChI is InChI=1S/C21H28N2O4S/c1-21(2,3)18-8-6-7-9-19(18)27-15-14-22-20(24)16-10-12-17(13-11-16)23(4)28(5,25)26/h6-13H,14-15H2,1-5H3,(H,22,24). The van der Waals surface area contributed by atoms with Crippen LogP contribution in [-0.4, -0.2) is 40.8 Å². The van der Waals surface area contributed by atoms with Crippen molar-refractivity contribution in [2.45, 2.75) is 26.2 Å². The normalized spacial score (nSPS) is 11.8. The number of sulfonamides is 1. The molecule has 0 aromatic heterocycles. The highest BCUT2D eigenvalue weighted by atomic mass is 32.2. The van der Waals surface area contributed by atoms with Gasteiger partial charge in [-0.05, 0) is 41.3 Å². The van der Waals surface area contributed by atoms with E-state index in [1.54, 1.807) is 24.3 Å². The Morgan fingerprint density at radius 2 is 1.68 bits per heavy atom. The lowest BCUT2D eigenvalue weighted by Crippen LogP contribution is -2.28. The third kappa shape index (κ3) is 5.73. The molecule has 1 N–H and O–H groups in total. The molecule has 0 aliphatic carbocycles. The minimum atomic E-state index is -3.33. The predicted octanol–water partition coefficient (Wildman–Crippen LogP) is 3.19. The van der Waals surface area contributed by atoms with Crippen molar-refractivity contribution < 1.29 is 17.9 Å². The Morgan fingerprint density at radius 3 is 2.25 bits per heavy atom. The van der Waals surface area contributed by atoms with Gasteiger partial charge in [0.2, 0.25) is 10.0 Å². The van der Waals surface area contributed by atoms with Crippen LogP contribution in [0.5, 0.6) is 5.75 Å². The minimum Gasteiger partial charge on any atom is -0.491 e. The Kier molecular flexibility index (Phi) is 6.72. The second-order valence-electron chi connectivity index (χ2n) is 7.63. The molecule has 28 heavy (non-hydrogen) atoms. The van der Waals surface area contributed by atoms with E-state index in [1.165, 1.54) is 7.05 Å². The molecule has 6 nitrogen and oxygen atoms in total. The zero-order valence-corrected chi connectivity index (χ0v) is 17.8. The molecule has 0 bridgehead atoms. The summed E-state index contributed by atoms with van der Waals surface area (Å²) in [6.45, 7) is 7.10. The second-order valence-corrected chi connectivity index (χ2v) is 9.64. The predicted molar refractivity (Wildman–Crippen MR) is 113 cm³/mol. The average molecular weight is 405 g/mol. The van der Waals surface area contributed by atoms with E-state index in [0.717, 1.165) is 21.9 Å². The molecule has 0 radical (unpaired) electrons. The zero-order valence-electron chi connectivity index (χ0n) is 17.0. The summed E-state index contributed by atoms with van der Waals surface area (Å²) < 4.78 is 30.1. The minimum absolute atomic E-state index is 0.0271. The highest BCUT2D eigenvalue weighted by Crippen LogP contribution is 2.30. The molecule has 2 aromatic carbocycles. The van der Waals surface area contributed by atoms with Gasteiger partial charge in [0.15, 0.2) is 0 Å². The molecule has 0 heterocycles. The third-order valence-electron chi connectivity index (χ3n) is 4.33. The molecule has 7 heteroatoms. The Labute approximate surface area is 167 Å². The largest absolute Gasteiger partial charge is 0.491 e. The molecule has 1 amide bonds. The molecule has 0 saturated carbocycles. The SMILES string of the molecule is CN(c1ccc(C(=O)NCCOc2ccccc2C(C)(C)C)cc1)S(C)(=O)=O. The lowest BCUT2D eigenvalue weighted by molar-refractivity contribution is 0.0947. The second kappa shape index (κ2) is 8.65. The van der Waals surface area contributed by atoms with Crippen LogP contribution in [0, 0.1) is 0 Å². The lowest BCUT2D eigenvalue weighted by atomic mass is 9.86. The fourth-order valence-corrected chi connectivity index (χ4v) is 3.16. The van der Waals surface area contributed by atoms with Crippen molar-refractivity contribution in [3.63, 3.8) is 0 Å². The van der Waals surface area contributed by atoms with Gasteiger partial charge in [0.05, 0.1) is 18.5 Å². The van der Waals surface area contributed by atoms with Crippen molar-refractivity contribution >= 4 is 21.6 Å². The summed E-state index contributed by atoms with van der Waals surface area (Å²) in [7, 11) is -1.86. The number of benzene rings is 2. The van der Waals surface area contributed by atoms with E-state index in [0.29, 0.717) is 24.4 Å². The fourth-order valence-electron chi connectivity index (χ4n) is 2.65. The van der Waals surface area contributed by atoms with Gasteiger partial charge in [-0.1, -0.05) is 39.0 Å². The van der Waals surface area contributed by atoms with Gasteiger partial charge in [-0.25, -0.2) is 8.42 Å². The van der Waals surface area contributed by atoms with Crippen LogP contribution >= 0.6 is 0 Å². The fraction of sp³-hybridized carbons (Fsp3) is 0.381. The number of carbonyl (C=O) groups is 1. The highest BCUT2D eigenvalue weighted by Gasteiger charge is 2.18. The number of para-hydroxylation sites is 1. The molecule has 0 spiro atoms. The van der Waals surface area contributed by atoms with Crippen molar-refractivity contribution in [3.05, 3.63) is 59.7 Å². The van der Waals surface area contributed by atoms with Crippen molar-refractivity contribution in [2.75, 3.05) is 30.8 Å². The van der Waals surface area contributed by atoms with Crippen LogP contribution in [0.25, 0.3) is 0 Å². The summed E-state index contributed by atoms with van der Waals surface area (Å²) in [5.41, 5.74) is 2.05. The Balaban J connectivity index is 1.90. The third-order valence-corrected chi connectivity index (χ3v) is 5.54. The molecule has 152 valence electrons. The topological polar surface area (TPSA) is 75.7 Å². The van der Waals surface area contributed by atoms with E-state index < -0.39 is 10.0 Å². The van der Waals surface area contributed by atoms with Crippen molar-refractivity contribution in [1.29, 1.82) is 0 Å². The molecular formula is C21H28N2O4S. The molecule has 0 atom stereocenters. The molecule has 2 aromatic rings. The van der Waals surface area contributed by atoms with Crippen LogP contribution in [-0.2, 0) is 15.4 Å². The Morgan fingerprint density at radius 1 is 1.07 bits per heavy atom. The van der Waals surface area contributed by atoms with E-state index in [9.17, 15) is 13.2 Å². The molecule has 0 aliphatic rings. The molecule has 2 rings (SSSR count). The van der Waals surface area contributed by atoms with Gasteiger partial charge in [0, 0.05) is 12.6 Å². The summed E-state index contributed by atoms with van der Waals surface area (Å²) in [5.74, 6) is 0.582. The van der Waals surface area contributed by atoms with Gasteiger partial charge >= 0.3 is 0 Å². The van der Waals surface area contributed by atoms with Crippen LogP contribution in [0.1, 0.15) is 36.7 Å². The van der Waals surface area contributed by atoms with Crippen molar-refractivity contribution in [3.8, 4) is 5.75 Å². The molecule has 0 unspecified atom stereocenters. The summed E-state index contributed by atoms with van der Waals surface area (Å²) in [6, 6.07) is 14.3. The number of nitrogens with one attached hydrogen (secondary N) is 1. The molecule has 0 saturated heterocycles. The molecule has 0 fully saturated rings. The first kappa shape index (κ1) is 21.8. The monoisotopic (exact) mass is 404 g/mol. The number of nitrogens with zero attached hydrogens (tertiary/aromatic N) is 1.